The van der Waals surface area contributed by atoms with Crippen LogP contribution in [0.3, 0.4) is 0 Å². The predicted octanol–water partition coefficient (Wildman–Crippen LogP) is 2.94. The average molecular weight is 618 g/mol. The Hall–Kier alpha value is -3.98. The fraction of sp³-hybridized carbons (Fsp3) is 0.312. The highest BCUT2D eigenvalue weighted by Crippen LogP contribution is 2.21. The minimum atomic E-state index is -0.960. The maximum absolute atomic E-state index is 13.9. The van der Waals surface area contributed by atoms with Crippen molar-refractivity contribution in [2.75, 3.05) is 6.54 Å². The molecule has 0 spiro atoms. The van der Waals surface area contributed by atoms with Crippen LogP contribution in [0.5, 0.6) is 0 Å². The number of halogens is 1. The zero-order valence-corrected chi connectivity index (χ0v) is 24.2. The van der Waals surface area contributed by atoms with Gasteiger partial charge in [0.1, 0.15) is 24.2 Å². The summed E-state index contributed by atoms with van der Waals surface area (Å²) in [7, 11) is 0. The van der Waals surface area contributed by atoms with Crippen LogP contribution in [0.15, 0.2) is 89.4 Å². The average Bonchev–Trinajstić information content (AvgIpc) is 3.48. The Morgan fingerprint density at radius 2 is 1.07 bits per heavy atom. The smallest absolute Gasteiger partial charge is 0.246 e. The molecule has 2 heterocycles. The summed E-state index contributed by atoms with van der Waals surface area (Å²) in [5.74, 6) is -1.55. The third-order valence-corrected chi connectivity index (χ3v) is 8.17. The summed E-state index contributed by atoms with van der Waals surface area (Å²) in [6, 6.07) is 22.9. The van der Waals surface area contributed by atoms with Gasteiger partial charge in [0.05, 0.1) is 0 Å². The SMILES string of the molecule is O=C1N[C@H](Cc2ccc(Br)cc2)C(=O)N[C@@H](Cc2ccccc2)C(=O)N2CCC[C@@H]2C(=O)N[C@H]1Cc1ccccc1. The second-order valence-corrected chi connectivity index (χ2v) is 11.5. The second kappa shape index (κ2) is 13.1. The van der Waals surface area contributed by atoms with Crippen LogP contribution in [0.25, 0.3) is 0 Å². The molecule has 0 aliphatic carbocycles. The lowest BCUT2D eigenvalue weighted by atomic mass is 9.99. The van der Waals surface area contributed by atoms with Gasteiger partial charge in [-0.15, -0.1) is 0 Å². The molecule has 8 nitrogen and oxygen atoms in total. The van der Waals surface area contributed by atoms with E-state index in [1.54, 1.807) is 4.90 Å². The molecule has 0 aromatic heterocycles. The van der Waals surface area contributed by atoms with E-state index in [1.807, 2.05) is 84.9 Å². The number of nitrogens with zero attached hydrogens (tertiary/aromatic N) is 1. The predicted molar refractivity (Wildman–Crippen MR) is 159 cm³/mol. The van der Waals surface area contributed by atoms with Gasteiger partial charge in [-0.25, -0.2) is 0 Å². The van der Waals surface area contributed by atoms with Gasteiger partial charge in [0.25, 0.3) is 0 Å². The number of hydrogen-bond donors (Lipinski definition) is 3. The van der Waals surface area contributed by atoms with Crippen molar-refractivity contribution in [2.24, 2.45) is 0 Å². The standard InChI is InChI=1S/C32H33BrN4O4/c33-24-15-13-23(14-16-24)19-25-30(39)36-27(20-22-10-5-2-6-11-22)32(41)37-17-7-12-28(37)31(40)35-26(29(38)34-25)18-21-8-3-1-4-9-21/h1-6,8-11,13-16,25-28H,7,12,17-20H2,(H,34,38)(H,35,40)(H,36,39)/t25-,26+,27+,28-/m1/s1. The topological polar surface area (TPSA) is 108 Å². The fourth-order valence-corrected chi connectivity index (χ4v) is 5.75. The summed E-state index contributed by atoms with van der Waals surface area (Å²) in [6.45, 7) is 0.413. The van der Waals surface area contributed by atoms with E-state index < -0.39 is 36.0 Å². The zero-order valence-electron chi connectivity index (χ0n) is 22.6. The molecule has 0 bridgehead atoms. The lowest BCUT2D eigenvalue weighted by Crippen LogP contribution is -2.62. The molecule has 9 heteroatoms. The lowest BCUT2D eigenvalue weighted by molar-refractivity contribution is -0.143. The van der Waals surface area contributed by atoms with Crippen LogP contribution in [-0.2, 0) is 38.4 Å². The first-order valence-electron chi connectivity index (χ1n) is 13.9. The third-order valence-electron chi connectivity index (χ3n) is 7.64. The largest absolute Gasteiger partial charge is 0.342 e. The van der Waals surface area contributed by atoms with Crippen molar-refractivity contribution in [2.45, 2.75) is 56.3 Å². The molecule has 41 heavy (non-hydrogen) atoms. The first-order chi connectivity index (χ1) is 19.9. The normalized spacial score (nSPS) is 23.5. The van der Waals surface area contributed by atoms with Gasteiger partial charge in [0.15, 0.2) is 0 Å². The maximum Gasteiger partial charge on any atom is 0.246 e. The number of carbonyl (C=O) groups excluding carboxylic acids is 4. The molecule has 3 N–H and O–H groups in total. The Morgan fingerprint density at radius 1 is 0.610 bits per heavy atom. The van der Waals surface area contributed by atoms with Crippen molar-refractivity contribution in [1.29, 1.82) is 0 Å². The van der Waals surface area contributed by atoms with E-state index in [4.69, 9.17) is 0 Å². The van der Waals surface area contributed by atoms with Crippen LogP contribution in [0.2, 0.25) is 0 Å². The molecule has 0 unspecified atom stereocenters. The van der Waals surface area contributed by atoms with Crippen LogP contribution in [0, 0.1) is 0 Å². The van der Waals surface area contributed by atoms with E-state index in [9.17, 15) is 19.2 Å². The Labute approximate surface area is 248 Å². The van der Waals surface area contributed by atoms with Gasteiger partial charge in [0.2, 0.25) is 23.6 Å². The number of benzene rings is 3. The molecule has 5 rings (SSSR count). The number of hydrogen-bond acceptors (Lipinski definition) is 4. The lowest BCUT2D eigenvalue weighted by Gasteiger charge is -2.32. The van der Waals surface area contributed by atoms with Crippen molar-refractivity contribution >= 4 is 39.6 Å². The Bertz CT molecular complexity index is 1380. The molecule has 3 aromatic carbocycles. The van der Waals surface area contributed by atoms with Gasteiger partial charge in [-0.3, -0.25) is 19.2 Å². The third kappa shape index (κ3) is 7.21. The van der Waals surface area contributed by atoms with Crippen LogP contribution in [0.1, 0.15) is 29.5 Å². The van der Waals surface area contributed by atoms with Gasteiger partial charge < -0.3 is 20.9 Å². The highest BCUT2D eigenvalue weighted by atomic mass is 79.9. The van der Waals surface area contributed by atoms with Crippen molar-refractivity contribution in [1.82, 2.24) is 20.9 Å². The summed E-state index contributed by atoms with van der Waals surface area (Å²) in [6.07, 6.45) is 1.90. The van der Waals surface area contributed by atoms with Gasteiger partial charge >= 0.3 is 0 Å². The summed E-state index contributed by atoms with van der Waals surface area (Å²) < 4.78 is 0.896. The highest BCUT2D eigenvalue weighted by Gasteiger charge is 2.40. The molecule has 0 radical (unpaired) electrons. The molecular formula is C32H33BrN4O4. The van der Waals surface area contributed by atoms with Crippen LogP contribution in [-0.4, -0.2) is 59.2 Å². The van der Waals surface area contributed by atoms with E-state index in [2.05, 4.69) is 31.9 Å². The monoisotopic (exact) mass is 616 g/mol. The van der Waals surface area contributed by atoms with E-state index in [0.717, 1.165) is 21.2 Å². The van der Waals surface area contributed by atoms with E-state index in [-0.39, 0.29) is 31.1 Å². The second-order valence-electron chi connectivity index (χ2n) is 10.6. The van der Waals surface area contributed by atoms with Crippen LogP contribution < -0.4 is 16.0 Å². The molecular weight excluding hydrogens is 584 g/mol. The summed E-state index contributed by atoms with van der Waals surface area (Å²) >= 11 is 3.43. The zero-order chi connectivity index (χ0) is 28.8. The Balaban J connectivity index is 1.49. The van der Waals surface area contributed by atoms with Gasteiger partial charge in [0, 0.05) is 30.3 Å². The number of amides is 4. The maximum atomic E-state index is 13.9. The molecule has 3 aromatic rings. The number of fused-ring (bicyclic) bond motifs is 1. The highest BCUT2D eigenvalue weighted by molar-refractivity contribution is 9.10. The fourth-order valence-electron chi connectivity index (χ4n) is 5.49. The minimum Gasteiger partial charge on any atom is -0.342 e. The number of rotatable bonds is 6. The van der Waals surface area contributed by atoms with Gasteiger partial charge in [-0.2, -0.15) is 0 Å². The first-order valence-corrected chi connectivity index (χ1v) is 14.7. The summed E-state index contributed by atoms with van der Waals surface area (Å²) in [5, 5.41) is 8.75. The molecule has 2 fully saturated rings. The minimum absolute atomic E-state index is 0.218. The van der Waals surface area contributed by atoms with E-state index in [1.165, 1.54) is 0 Å². The molecule has 4 atom stereocenters. The van der Waals surface area contributed by atoms with Crippen molar-refractivity contribution in [3.63, 3.8) is 0 Å². The quantitative estimate of drug-likeness (QED) is 0.396. The summed E-state index contributed by atoms with van der Waals surface area (Å²) in [5.41, 5.74) is 2.60. The number of carbonyl (C=O) groups is 4. The molecule has 212 valence electrons. The van der Waals surface area contributed by atoms with E-state index in [0.29, 0.717) is 19.4 Å². The molecule has 0 saturated carbocycles. The Kier molecular flexibility index (Phi) is 9.14. The molecule has 4 amide bonds. The van der Waals surface area contributed by atoms with Crippen molar-refractivity contribution in [3.8, 4) is 0 Å². The van der Waals surface area contributed by atoms with Gasteiger partial charge in [-0.1, -0.05) is 88.7 Å². The van der Waals surface area contributed by atoms with E-state index >= 15 is 0 Å². The number of nitrogens with one attached hydrogen (secondary N) is 3. The van der Waals surface area contributed by atoms with Crippen LogP contribution >= 0.6 is 15.9 Å². The van der Waals surface area contributed by atoms with Crippen molar-refractivity contribution in [3.05, 3.63) is 106 Å². The van der Waals surface area contributed by atoms with Crippen molar-refractivity contribution < 1.29 is 19.2 Å². The van der Waals surface area contributed by atoms with Crippen LogP contribution in [0.4, 0.5) is 0 Å². The van der Waals surface area contributed by atoms with Gasteiger partial charge in [-0.05, 0) is 41.7 Å². The Morgan fingerprint density at radius 3 is 1.63 bits per heavy atom. The first kappa shape index (κ1) is 28.5. The molecule has 2 aliphatic rings. The molecule has 2 saturated heterocycles. The summed E-state index contributed by atoms with van der Waals surface area (Å²) in [4.78, 5) is 56.6. The molecule has 2 aliphatic heterocycles.